The third kappa shape index (κ3) is 5.41. The molecule has 0 aliphatic carbocycles. The normalized spacial score (nSPS) is 13.2. The molecule has 0 aromatic heterocycles. The Morgan fingerprint density at radius 3 is 2.21 bits per heavy atom. The van der Waals surface area contributed by atoms with E-state index >= 15 is 0 Å². The summed E-state index contributed by atoms with van der Waals surface area (Å²) in [6.07, 6.45) is 0. The Kier molecular flexibility index (Phi) is 7.57. The van der Waals surface area contributed by atoms with Gasteiger partial charge in [-0.25, -0.2) is 4.79 Å². The van der Waals surface area contributed by atoms with Crippen molar-refractivity contribution in [2.75, 3.05) is 43.3 Å². The number of hydrogen-bond acceptors (Lipinski definition) is 6. The number of methoxy groups -OCH3 is 1. The molecule has 0 unspecified atom stereocenters. The van der Waals surface area contributed by atoms with Crippen molar-refractivity contribution in [3.8, 4) is 0 Å². The van der Waals surface area contributed by atoms with Crippen molar-refractivity contribution in [1.82, 2.24) is 4.90 Å². The molecule has 0 atom stereocenters. The Morgan fingerprint density at radius 2 is 1.61 bits per heavy atom. The van der Waals surface area contributed by atoms with Gasteiger partial charge in [0.25, 0.3) is 5.91 Å². The number of fused-ring (bicyclic) bond motifs is 1. The molecule has 9 heteroatoms. The Balaban J connectivity index is 1.72. The van der Waals surface area contributed by atoms with Crippen LogP contribution in [0.25, 0.3) is 11.3 Å². The van der Waals surface area contributed by atoms with E-state index in [9.17, 15) is 19.2 Å². The average molecular weight is 513 g/mol. The monoisotopic (exact) mass is 512 g/mol. The van der Waals surface area contributed by atoms with Gasteiger partial charge in [0.05, 0.1) is 29.6 Å². The molecule has 1 aliphatic rings. The fourth-order valence-electron chi connectivity index (χ4n) is 4.08. The quantitative estimate of drug-likeness (QED) is 0.368. The Morgan fingerprint density at radius 1 is 0.921 bits per heavy atom. The molecule has 4 rings (SSSR count). The first-order valence-electron chi connectivity index (χ1n) is 11.9. The van der Waals surface area contributed by atoms with Gasteiger partial charge >= 0.3 is 5.97 Å². The first kappa shape index (κ1) is 26.2. The predicted octanol–water partition coefficient (Wildman–Crippen LogP) is 3.85. The summed E-state index contributed by atoms with van der Waals surface area (Å²) in [7, 11) is 4.58. The molecule has 194 valence electrons. The number of likely N-dealkylation sites (N-methyl/N-ethyl adjacent to an activating group) is 1. The molecule has 1 aliphatic heterocycles. The van der Waals surface area contributed by atoms with E-state index in [1.165, 1.54) is 23.8 Å². The number of carbonyl (C=O) groups excluding carboxylic acids is 4. The number of anilines is 3. The first-order valence-corrected chi connectivity index (χ1v) is 11.9. The van der Waals surface area contributed by atoms with E-state index in [2.05, 4.69) is 10.6 Å². The van der Waals surface area contributed by atoms with Crippen LogP contribution in [0.1, 0.15) is 28.4 Å². The van der Waals surface area contributed by atoms with E-state index in [-0.39, 0.29) is 24.3 Å². The summed E-state index contributed by atoms with van der Waals surface area (Å²) in [6.45, 7) is 1.34. The molecule has 3 amide bonds. The molecule has 0 bridgehead atoms. The van der Waals surface area contributed by atoms with Crippen LogP contribution < -0.4 is 15.5 Å². The van der Waals surface area contributed by atoms with Crippen molar-refractivity contribution >= 4 is 52.0 Å². The minimum absolute atomic E-state index is 0.0705. The maximum Gasteiger partial charge on any atom is 0.337 e. The molecule has 0 radical (unpaired) electrons. The number of amides is 3. The number of nitrogens with zero attached hydrogens (tertiary/aromatic N) is 2. The molecule has 9 nitrogen and oxygen atoms in total. The van der Waals surface area contributed by atoms with Gasteiger partial charge in [-0.3, -0.25) is 14.4 Å². The van der Waals surface area contributed by atoms with Gasteiger partial charge in [0.1, 0.15) is 6.54 Å². The van der Waals surface area contributed by atoms with Crippen LogP contribution in [0.15, 0.2) is 72.8 Å². The van der Waals surface area contributed by atoms with Crippen LogP contribution in [0.5, 0.6) is 0 Å². The zero-order valence-corrected chi connectivity index (χ0v) is 21.6. The van der Waals surface area contributed by atoms with Crippen molar-refractivity contribution in [1.29, 1.82) is 0 Å². The van der Waals surface area contributed by atoms with Crippen molar-refractivity contribution in [2.45, 2.75) is 6.92 Å². The van der Waals surface area contributed by atoms with Gasteiger partial charge in [-0.1, -0.05) is 36.4 Å². The van der Waals surface area contributed by atoms with Gasteiger partial charge in [0.2, 0.25) is 11.8 Å². The highest BCUT2D eigenvalue weighted by molar-refractivity contribution is 6.37. The number of hydrogen-bond donors (Lipinski definition) is 2. The van der Waals surface area contributed by atoms with Gasteiger partial charge < -0.3 is 25.2 Å². The second kappa shape index (κ2) is 11.0. The molecule has 38 heavy (non-hydrogen) atoms. The van der Waals surface area contributed by atoms with Crippen LogP contribution in [0.3, 0.4) is 0 Å². The van der Waals surface area contributed by atoms with Crippen LogP contribution in [0, 0.1) is 0 Å². The fraction of sp³-hybridized carbons (Fsp3) is 0.172. The number of rotatable bonds is 7. The predicted molar refractivity (Wildman–Crippen MR) is 146 cm³/mol. The largest absolute Gasteiger partial charge is 0.465 e. The summed E-state index contributed by atoms with van der Waals surface area (Å²) in [5, 5.41) is 6.20. The topological polar surface area (TPSA) is 108 Å². The Hall–Kier alpha value is -4.92. The van der Waals surface area contributed by atoms with E-state index in [1.807, 2.05) is 30.3 Å². The summed E-state index contributed by atoms with van der Waals surface area (Å²) in [5.74, 6) is -1.25. The minimum atomic E-state index is -0.493. The second-order valence-corrected chi connectivity index (χ2v) is 8.89. The van der Waals surface area contributed by atoms with Crippen LogP contribution in [0.4, 0.5) is 17.1 Å². The van der Waals surface area contributed by atoms with E-state index in [0.29, 0.717) is 39.5 Å². The van der Waals surface area contributed by atoms with Crippen molar-refractivity contribution in [3.63, 3.8) is 0 Å². The standard InChI is InChI=1S/C29H28N4O5/c1-18(34)33(17-25(35)32(2)3)22-13-11-21(12-14-22)30-27(19-8-6-5-7-9-19)26-23-15-10-20(29(37)38-4)16-24(23)31-28(26)36/h5-16,30H,17H2,1-4H3,(H,31,36)/b27-26-. The van der Waals surface area contributed by atoms with Gasteiger partial charge in [-0.2, -0.15) is 0 Å². The maximum atomic E-state index is 13.2. The minimum Gasteiger partial charge on any atom is -0.465 e. The maximum absolute atomic E-state index is 13.2. The van der Waals surface area contributed by atoms with Crippen molar-refractivity contribution in [3.05, 3.63) is 89.5 Å². The highest BCUT2D eigenvalue weighted by atomic mass is 16.5. The Labute approximate surface area is 220 Å². The van der Waals surface area contributed by atoms with Crippen LogP contribution in [-0.2, 0) is 19.1 Å². The SMILES string of the molecule is COC(=O)c1ccc2c(c1)NC(=O)/C2=C(\Nc1ccc(N(CC(=O)N(C)C)C(C)=O)cc1)c1ccccc1. The molecule has 0 fully saturated rings. The summed E-state index contributed by atoms with van der Waals surface area (Å²) >= 11 is 0. The zero-order valence-electron chi connectivity index (χ0n) is 21.6. The van der Waals surface area contributed by atoms with Gasteiger partial charge in [0.15, 0.2) is 0 Å². The first-order chi connectivity index (χ1) is 18.2. The summed E-state index contributed by atoms with van der Waals surface area (Å²) in [4.78, 5) is 52.4. The smallest absolute Gasteiger partial charge is 0.337 e. The number of nitrogens with one attached hydrogen (secondary N) is 2. The van der Waals surface area contributed by atoms with Crippen LogP contribution >= 0.6 is 0 Å². The highest BCUT2D eigenvalue weighted by Crippen LogP contribution is 2.38. The summed E-state index contributed by atoms with van der Waals surface area (Å²) < 4.78 is 4.80. The summed E-state index contributed by atoms with van der Waals surface area (Å²) in [6, 6.07) is 21.4. The van der Waals surface area contributed by atoms with Crippen molar-refractivity contribution < 1.29 is 23.9 Å². The third-order valence-corrected chi connectivity index (χ3v) is 6.12. The molecule has 2 N–H and O–H groups in total. The lowest BCUT2D eigenvalue weighted by molar-refractivity contribution is -0.129. The number of ether oxygens (including phenoxy) is 1. The molecular weight excluding hydrogens is 484 g/mol. The fourth-order valence-corrected chi connectivity index (χ4v) is 4.08. The second-order valence-electron chi connectivity index (χ2n) is 8.89. The lowest BCUT2D eigenvalue weighted by Gasteiger charge is -2.23. The van der Waals surface area contributed by atoms with E-state index in [0.717, 1.165) is 5.56 Å². The van der Waals surface area contributed by atoms with Crippen LogP contribution in [0.2, 0.25) is 0 Å². The molecule has 3 aromatic carbocycles. The van der Waals surface area contributed by atoms with E-state index in [4.69, 9.17) is 4.74 Å². The molecule has 3 aromatic rings. The lowest BCUT2D eigenvalue weighted by atomic mass is 9.99. The van der Waals surface area contributed by atoms with Gasteiger partial charge in [-0.15, -0.1) is 0 Å². The number of esters is 1. The highest BCUT2D eigenvalue weighted by Gasteiger charge is 2.29. The van der Waals surface area contributed by atoms with Gasteiger partial charge in [-0.05, 0) is 42.0 Å². The number of benzene rings is 3. The molecule has 0 saturated carbocycles. The van der Waals surface area contributed by atoms with E-state index in [1.54, 1.807) is 56.6 Å². The third-order valence-electron chi connectivity index (χ3n) is 6.12. The average Bonchev–Trinajstić information content (AvgIpc) is 3.25. The molecule has 0 spiro atoms. The van der Waals surface area contributed by atoms with Gasteiger partial charge in [0, 0.05) is 38.0 Å². The van der Waals surface area contributed by atoms with Crippen molar-refractivity contribution in [2.24, 2.45) is 0 Å². The number of carbonyl (C=O) groups is 4. The Bertz CT molecular complexity index is 1430. The summed E-state index contributed by atoms with van der Waals surface area (Å²) in [5.41, 5.74) is 4.53. The molecule has 1 heterocycles. The molecular formula is C29H28N4O5. The van der Waals surface area contributed by atoms with E-state index < -0.39 is 5.97 Å². The zero-order chi connectivity index (χ0) is 27.4. The van der Waals surface area contributed by atoms with Crippen LogP contribution in [-0.4, -0.2) is 56.3 Å². The molecule has 0 saturated heterocycles. The lowest BCUT2D eigenvalue weighted by Crippen LogP contribution is -2.39.